The van der Waals surface area contributed by atoms with E-state index in [1.807, 2.05) is 18.2 Å². The van der Waals surface area contributed by atoms with E-state index in [2.05, 4.69) is 5.32 Å². The van der Waals surface area contributed by atoms with E-state index in [4.69, 9.17) is 29.6 Å². The Morgan fingerprint density at radius 3 is 2.67 bits per heavy atom. The molecule has 0 saturated carbocycles. The standard InChI is InChI=1S/C16H13ClN2OS/c17-14-7-2-1-4-11(14)8-9-15(20)19-13-6-3-5-12(10-13)16(18)21/h1-10H,(H2,18,21)(H,19,20)/b9-8+. The van der Waals surface area contributed by atoms with Gasteiger partial charge < -0.3 is 11.1 Å². The lowest BCUT2D eigenvalue weighted by molar-refractivity contribution is -0.111. The molecule has 2 rings (SSSR count). The van der Waals surface area contributed by atoms with E-state index in [0.29, 0.717) is 16.3 Å². The molecule has 0 aromatic heterocycles. The Kier molecular flexibility index (Phi) is 5.09. The molecule has 21 heavy (non-hydrogen) atoms. The SMILES string of the molecule is NC(=S)c1cccc(NC(=O)/C=C/c2ccccc2Cl)c1. The van der Waals surface area contributed by atoms with E-state index in [1.54, 1.807) is 36.4 Å². The van der Waals surface area contributed by atoms with Gasteiger partial charge in [-0.15, -0.1) is 0 Å². The van der Waals surface area contributed by atoms with Crippen LogP contribution in [0.3, 0.4) is 0 Å². The number of rotatable bonds is 4. The highest BCUT2D eigenvalue weighted by Gasteiger charge is 2.01. The summed E-state index contributed by atoms with van der Waals surface area (Å²) < 4.78 is 0. The van der Waals surface area contributed by atoms with Gasteiger partial charge in [-0.3, -0.25) is 4.79 Å². The first-order valence-electron chi connectivity index (χ1n) is 6.20. The first-order chi connectivity index (χ1) is 10.1. The molecule has 0 saturated heterocycles. The van der Waals surface area contributed by atoms with Crippen LogP contribution in [0.1, 0.15) is 11.1 Å². The summed E-state index contributed by atoms with van der Waals surface area (Å²) in [6.45, 7) is 0. The predicted octanol–water partition coefficient (Wildman–Crippen LogP) is 3.63. The average molecular weight is 317 g/mol. The highest BCUT2D eigenvalue weighted by molar-refractivity contribution is 7.80. The van der Waals surface area contributed by atoms with Crippen LogP contribution in [-0.4, -0.2) is 10.9 Å². The normalized spacial score (nSPS) is 10.5. The molecular formula is C16H13ClN2OS. The monoisotopic (exact) mass is 316 g/mol. The molecule has 0 heterocycles. The van der Waals surface area contributed by atoms with Crippen molar-refractivity contribution in [3.05, 3.63) is 70.8 Å². The minimum atomic E-state index is -0.255. The second-order valence-electron chi connectivity index (χ2n) is 4.29. The number of halogens is 1. The van der Waals surface area contributed by atoms with Crippen molar-refractivity contribution in [3.8, 4) is 0 Å². The number of nitrogens with two attached hydrogens (primary N) is 1. The molecule has 2 aromatic rings. The maximum Gasteiger partial charge on any atom is 0.248 e. The van der Waals surface area contributed by atoms with E-state index in [1.165, 1.54) is 6.08 Å². The van der Waals surface area contributed by atoms with Crippen LogP contribution in [0.15, 0.2) is 54.6 Å². The third-order valence-electron chi connectivity index (χ3n) is 2.73. The topological polar surface area (TPSA) is 55.1 Å². The molecule has 0 aliphatic rings. The zero-order valence-corrected chi connectivity index (χ0v) is 12.6. The third-order valence-corrected chi connectivity index (χ3v) is 3.31. The largest absolute Gasteiger partial charge is 0.389 e. The van der Waals surface area contributed by atoms with Crippen molar-refractivity contribution in [2.24, 2.45) is 5.73 Å². The second-order valence-corrected chi connectivity index (χ2v) is 5.14. The van der Waals surface area contributed by atoms with Crippen LogP contribution in [0.4, 0.5) is 5.69 Å². The van der Waals surface area contributed by atoms with Gasteiger partial charge in [-0.2, -0.15) is 0 Å². The summed E-state index contributed by atoms with van der Waals surface area (Å²) in [5.74, 6) is -0.255. The highest BCUT2D eigenvalue weighted by atomic mass is 35.5. The zero-order valence-electron chi connectivity index (χ0n) is 11.0. The molecule has 2 aromatic carbocycles. The Morgan fingerprint density at radius 2 is 1.95 bits per heavy atom. The molecule has 0 radical (unpaired) electrons. The maximum absolute atomic E-state index is 11.9. The molecule has 106 valence electrons. The minimum absolute atomic E-state index is 0.255. The van der Waals surface area contributed by atoms with Crippen LogP contribution < -0.4 is 11.1 Å². The van der Waals surface area contributed by atoms with E-state index in [0.717, 1.165) is 5.56 Å². The van der Waals surface area contributed by atoms with Crippen LogP contribution in [0.2, 0.25) is 5.02 Å². The Labute approximate surface area is 133 Å². The molecule has 0 bridgehead atoms. The fourth-order valence-corrected chi connectivity index (χ4v) is 2.04. The van der Waals surface area contributed by atoms with Gasteiger partial charge in [0.05, 0.1) is 0 Å². The smallest absolute Gasteiger partial charge is 0.248 e. The summed E-state index contributed by atoms with van der Waals surface area (Å²) in [4.78, 5) is 12.2. The van der Waals surface area contributed by atoms with Crippen molar-refractivity contribution in [3.63, 3.8) is 0 Å². The molecule has 5 heteroatoms. The maximum atomic E-state index is 11.9. The molecule has 0 aliphatic carbocycles. The molecule has 0 fully saturated rings. The van der Waals surface area contributed by atoms with Crippen LogP contribution in [0, 0.1) is 0 Å². The van der Waals surface area contributed by atoms with Gasteiger partial charge in [-0.1, -0.05) is 54.2 Å². The number of anilines is 1. The van der Waals surface area contributed by atoms with Gasteiger partial charge in [0.1, 0.15) is 4.99 Å². The van der Waals surface area contributed by atoms with Crippen LogP contribution in [0.25, 0.3) is 6.08 Å². The summed E-state index contributed by atoms with van der Waals surface area (Å²) in [5.41, 5.74) is 7.68. The fourth-order valence-electron chi connectivity index (χ4n) is 1.71. The lowest BCUT2D eigenvalue weighted by atomic mass is 10.2. The van der Waals surface area contributed by atoms with E-state index in [-0.39, 0.29) is 10.9 Å². The van der Waals surface area contributed by atoms with Gasteiger partial charge in [0.2, 0.25) is 5.91 Å². The van der Waals surface area contributed by atoms with Gasteiger partial charge in [0.15, 0.2) is 0 Å². The van der Waals surface area contributed by atoms with E-state index >= 15 is 0 Å². The molecule has 0 atom stereocenters. The van der Waals surface area contributed by atoms with Gasteiger partial charge in [-0.05, 0) is 29.8 Å². The summed E-state index contributed by atoms with van der Waals surface area (Å²) in [5, 5.41) is 3.34. The van der Waals surface area contributed by atoms with E-state index < -0.39 is 0 Å². The van der Waals surface area contributed by atoms with Crippen LogP contribution in [0.5, 0.6) is 0 Å². The van der Waals surface area contributed by atoms with Crippen molar-refractivity contribution in [2.75, 3.05) is 5.32 Å². The predicted molar refractivity (Wildman–Crippen MR) is 91.4 cm³/mol. The summed E-state index contributed by atoms with van der Waals surface area (Å²) in [6, 6.07) is 14.4. The van der Waals surface area contributed by atoms with Crippen molar-refractivity contribution >= 4 is 46.5 Å². The molecule has 3 nitrogen and oxygen atoms in total. The Balaban J connectivity index is 2.07. The first-order valence-corrected chi connectivity index (χ1v) is 6.98. The quantitative estimate of drug-likeness (QED) is 0.669. The third kappa shape index (κ3) is 4.41. The molecule has 1 amide bonds. The van der Waals surface area contributed by atoms with Gasteiger partial charge in [0, 0.05) is 22.3 Å². The Bertz CT molecular complexity index is 713. The summed E-state index contributed by atoms with van der Waals surface area (Å²) in [7, 11) is 0. The number of benzene rings is 2. The molecule has 3 N–H and O–H groups in total. The number of thiocarbonyl (C=S) groups is 1. The molecule has 0 aliphatic heterocycles. The zero-order chi connectivity index (χ0) is 15.2. The summed E-state index contributed by atoms with van der Waals surface area (Å²) >= 11 is 10.9. The highest BCUT2D eigenvalue weighted by Crippen LogP contribution is 2.16. The lowest BCUT2D eigenvalue weighted by Gasteiger charge is -2.04. The Morgan fingerprint density at radius 1 is 1.19 bits per heavy atom. The molecular weight excluding hydrogens is 304 g/mol. The van der Waals surface area contributed by atoms with Crippen molar-refractivity contribution < 1.29 is 4.79 Å². The van der Waals surface area contributed by atoms with Crippen molar-refractivity contribution in [1.82, 2.24) is 0 Å². The average Bonchev–Trinajstić information content (AvgIpc) is 2.46. The van der Waals surface area contributed by atoms with Gasteiger partial charge >= 0.3 is 0 Å². The minimum Gasteiger partial charge on any atom is -0.389 e. The van der Waals surface area contributed by atoms with Crippen LogP contribution >= 0.6 is 23.8 Å². The molecule has 0 unspecified atom stereocenters. The second kappa shape index (κ2) is 7.02. The van der Waals surface area contributed by atoms with Crippen LogP contribution in [-0.2, 0) is 4.79 Å². The summed E-state index contributed by atoms with van der Waals surface area (Å²) in [6.07, 6.45) is 3.09. The van der Waals surface area contributed by atoms with Crippen molar-refractivity contribution in [2.45, 2.75) is 0 Å². The van der Waals surface area contributed by atoms with Crippen molar-refractivity contribution in [1.29, 1.82) is 0 Å². The number of nitrogens with one attached hydrogen (secondary N) is 1. The lowest BCUT2D eigenvalue weighted by Crippen LogP contribution is -2.11. The van der Waals surface area contributed by atoms with Gasteiger partial charge in [-0.25, -0.2) is 0 Å². The van der Waals surface area contributed by atoms with E-state index in [9.17, 15) is 4.79 Å². The first kappa shape index (κ1) is 15.2. The number of carbonyl (C=O) groups excluding carboxylic acids is 1. The number of hydrogen-bond acceptors (Lipinski definition) is 2. The number of amides is 1. The van der Waals surface area contributed by atoms with Gasteiger partial charge in [0.25, 0.3) is 0 Å². The number of carbonyl (C=O) groups is 1. The Hall–Kier alpha value is -2.17. The molecule has 0 spiro atoms. The number of hydrogen-bond donors (Lipinski definition) is 2. The fraction of sp³-hybridized carbons (Fsp3) is 0.